The maximum atomic E-state index is 13.6. The van der Waals surface area contributed by atoms with E-state index >= 15 is 0 Å². The minimum Gasteiger partial charge on any atom is -0.478 e. The molecule has 0 aliphatic carbocycles. The summed E-state index contributed by atoms with van der Waals surface area (Å²) in [6.07, 6.45) is 0.272. The molecule has 0 radical (unpaired) electrons. The molecule has 0 bridgehead atoms. The van der Waals surface area contributed by atoms with E-state index < -0.39 is 5.97 Å². The molecule has 7 heteroatoms. The number of aromatic carboxylic acids is 1. The zero-order valence-corrected chi connectivity index (χ0v) is 21.4. The van der Waals surface area contributed by atoms with Gasteiger partial charge >= 0.3 is 5.97 Å². The number of aromatic nitrogens is 2. The van der Waals surface area contributed by atoms with Gasteiger partial charge in [0.15, 0.2) is 0 Å². The van der Waals surface area contributed by atoms with E-state index in [2.05, 4.69) is 0 Å². The summed E-state index contributed by atoms with van der Waals surface area (Å²) < 4.78 is 2.00. The van der Waals surface area contributed by atoms with Crippen LogP contribution in [-0.4, -0.2) is 31.4 Å². The third-order valence-corrected chi connectivity index (χ3v) is 6.67. The van der Waals surface area contributed by atoms with Gasteiger partial charge in [-0.25, -0.2) is 9.78 Å². The van der Waals surface area contributed by atoms with Crippen molar-refractivity contribution in [3.05, 3.63) is 125 Å². The molecule has 38 heavy (non-hydrogen) atoms. The predicted octanol–water partition coefficient (Wildman–Crippen LogP) is 6.67. The molecule has 190 valence electrons. The quantitative estimate of drug-likeness (QED) is 0.234. The van der Waals surface area contributed by atoms with E-state index in [-0.39, 0.29) is 17.9 Å². The molecule has 0 fully saturated rings. The van der Waals surface area contributed by atoms with Crippen molar-refractivity contribution in [2.75, 3.05) is 0 Å². The number of aryl methyl sites for hydroxylation is 1. The average Bonchev–Trinajstić information content (AvgIpc) is 3.30. The first-order chi connectivity index (χ1) is 18.5. The molecule has 0 spiro atoms. The molecule has 0 aliphatic rings. The van der Waals surface area contributed by atoms with Gasteiger partial charge in [-0.05, 0) is 41.5 Å². The van der Waals surface area contributed by atoms with Crippen LogP contribution in [0.25, 0.3) is 22.4 Å². The van der Waals surface area contributed by atoms with Crippen molar-refractivity contribution in [2.45, 2.75) is 26.1 Å². The summed E-state index contributed by atoms with van der Waals surface area (Å²) in [5.41, 5.74) is 4.68. The number of amides is 1. The van der Waals surface area contributed by atoms with Gasteiger partial charge in [0.25, 0.3) is 0 Å². The minimum atomic E-state index is -0.987. The van der Waals surface area contributed by atoms with E-state index in [1.54, 1.807) is 36.4 Å². The molecule has 1 aromatic heterocycles. The third kappa shape index (κ3) is 5.76. The Labute approximate surface area is 225 Å². The van der Waals surface area contributed by atoms with Crippen LogP contribution < -0.4 is 0 Å². The van der Waals surface area contributed by atoms with Gasteiger partial charge in [-0.2, -0.15) is 0 Å². The third-order valence-electron chi connectivity index (χ3n) is 6.43. The van der Waals surface area contributed by atoms with Gasteiger partial charge in [-0.15, -0.1) is 0 Å². The highest BCUT2D eigenvalue weighted by Gasteiger charge is 2.18. The van der Waals surface area contributed by atoms with Crippen molar-refractivity contribution < 1.29 is 14.7 Å². The summed E-state index contributed by atoms with van der Waals surface area (Å²) in [4.78, 5) is 31.6. The number of fused-ring (bicyclic) bond motifs is 1. The molecule has 1 N–H and O–H groups in total. The highest BCUT2D eigenvalue weighted by atomic mass is 35.5. The second-order valence-corrected chi connectivity index (χ2v) is 9.51. The fraction of sp³-hybridized carbons (Fsp3) is 0.129. The number of carboxylic acids is 1. The van der Waals surface area contributed by atoms with E-state index in [0.29, 0.717) is 36.0 Å². The van der Waals surface area contributed by atoms with Crippen LogP contribution in [0.5, 0.6) is 0 Å². The number of hydrogen-bond acceptors (Lipinski definition) is 3. The van der Waals surface area contributed by atoms with Gasteiger partial charge in [-0.3, -0.25) is 4.79 Å². The molecule has 0 unspecified atom stereocenters. The van der Waals surface area contributed by atoms with Crippen LogP contribution in [0.4, 0.5) is 0 Å². The van der Waals surface area contributed by atoms with Crippen LogP contribution >= 0.6 is 11.6 Å². The number of carboxylic acid groups (broad SMARTS) is 1. The summed E-state index contributed by atoms with van der Waals surface area (Å²) in [5, 5.41) is 9.85. The van der Waals surface area contributed by atoms with Crippen molar-refractivity contribution in [3.63, 3.8) is 0 Å². The Kier molecular flexibility index (Phi) is 7.52. The smallest absolute Gasteiger partial charge is 0.335 e. The summed E-state index contributed by atoms with van der Waals surface area (Å²) in [6, 6.07) is 32.0. The second kappa shape index (κ2) is 11.3. The number of halogens is 1. The first-order valence-electron chi connectivity index (χ1n) is 12.3. The first-order valence-corrected chi connectivity index (χ1v) is 12.7. The highest BCUT2D eigenvalue weighted by molar-refractivity contribution is 6.31. The van der Waals surface area contributed by atoms with Crippen LogP contribution in [0.2, 0.25) is 5.02 Å². The zero-order chi connectivity index (χ0) is 26.5. The monoisotopic (exact) mass is 523 g/mol. The van der Waals surface area contributed by atoms with Crippen molar-refractivity contribution in [3.8, 4) is 11.4 Å². The number of rotatable bonds is 9. The molecular weight excluding hydrogens is 498 g/mol. The molecule has 0 atom stereocenters. The van der Waals surface area contributed by atoms with Crippen LogP contribution in [0.1, 0.15) is 27.9 Å². The highest BCUT2D eigenvalue weighted by Crippen LogP contribution is 2.28. The molecule has 0 aliphatic heterocycles. The second-order valence-electron chi connectivity index (χ2n) is 9.07. The number of carbonyl (C=O) groups excluding carboxylic acids is 1. The lowest BCUT2D eigenvalue weighted by molar-refractivity contribution is -0.132. The zero-order valence-electron chi connectivity index (χ0n) is 20.6. The lowest BCUT2D eigenvalue weighted by Gasteiger charge is -2.23. The molecule has 0 saturated heterocycles. The number of hydrogen-bond donors (Lipinski definition) is 1. The predicted molar refractivity (Wildman–Crippen MR) is 149 cm³/mol. The molecule has 6 nitrogen and oxygen atoms in total. The molecule has 1 heterocycles. The van der Waals surface area contributed by atoms with Crippen molar-refractivity contribution in [2.24, 2.45) is 0 Å². The van der Waals surface area contributed by atoms with E-state index in [9.17, 15) is 14.7 Å². The lowest BCUT2D eigenvalue weighted by atomic mass is 10.1. The Bertz CT molecular complexity index is 1520. The molecular formula is C31H26ClN3O3. The van der Waals surface area contributed by atoms with Crippen molar-refractivity contribution in [1.29, 1.82) is 0 Å². The van der Waals surface area contributed by atoms with Crippen LogP contribution in [0.3, 0.4) is 0 Å². The number of carbonyl (C=O) groups is 2. The van der Waals surface area contributed by atoms with Gasteiger partial charge in [0, 0.05) is 36.6 Å². The van der Waals surface area contributed by atoms with Crippen LogP contribution in [0.15, 0.2) is 103 Å². The largest absolute Gasteiger partial charge is 0.478 e. The Morgan fingerprint density at radius 2 is 1.42 bits per heavy atom. The summed E-state index contributed by atoms with van der Waals surface area (Å²) in [5.74, 6) is -0.301. The summed E-state index contributed by atoms with van der Waals surface area (Å²) in [6.45, 7) is 1.43. The fourth-order valence-electron chi connectivity index (χ4n) is 4.52. The Balaban J connectivity index is 1.43. The minimum absolute atomic E-state index is 0.0284. The maximum Gasteiger partial charge on any atom is 0.335 e. The Hall–Kier alpha value is -4.42. The lowest BCUT2D eigenvalue weighted by Crippen LogP contribution is -2.30. The molecule has 5 rings (SSSR count). The molecule has 5 aromatic rings. The van der Waals surface area contributed by atoms with E-state index in [0.717, 1.165) is 22.2 Å². The van der Waals surface area contributed by atoms with Crippen LogP contribution in [0, 0.1) is 0 Å². The van der Waals surface area contributed by atoms with Gasteiger partial charge in [0.1, 0.15) is 5.82 Å². The van der Waals surface area contributed by atoms with Gasteiger partial charge in [0.2, 0.25) is 5.91 Å². The Morgan fingerprint density at radius 1 is 0.816 bits per heavy atom. The van der Waals surface area contributed by atoms with E-state index in [1.807, 2.05) is 76.2 Å². The average molecular weight is 524 g/mol. The molecule has 1 amide bonds. The summed E-state index contributed by atoms with van der Waals surface area (Å²) in [7, 11) is 0. The van der Waals surface area contributed by atoms with Crippen molar-refractivity contribution in [1.82, 2.24) is 14.5 Å². The SMILES string of the molecule is O=C(O)c1ccc(-c2nc3cc(Cl)ccc3n2CCC(=O)N(Cc2ccccc2)Cc2ccccc2)cc1. The number of imidazole rings is 1. The topological polar surface area (TPSA) is 75.4 Å². The maximum absolute atomic E-state index is 13.6. The van der Waals surface area contributed by atoms with E-state index in [4.69, 9.17) is 16.6 Å². The van der Waals surface area contributed by atoms with E-state index in [1.165, 1.54) is 0 Å². The van der Waals surface area contributed by atoms with Crippen molar-refractivity contribution >= 4 is 34.5 Å². The van der Waals surface area contributed by atoms with Gasteiger partial charge in [-0.1, -0.05) is 84.4 Å². The first kappa shape index (κ1) is 25.2. The number of nitrogens with zero attached hydrogens (tertiary/aromatic N) is 3. The van der Waals surface area contributed by atoms with Crippen LogP contribution in [-0.2, 0) is 24.4 Å². The fourth-order valence-corrected chi connectivity index (χ4v) is 4.68. The van der Waals surface area contributed by atoms with Gasteiger partial charge in [0.05, 0.1) is 16.6 Å². The normalized spacial score (nSPS) is 11.0. The van der Waals surface area contributed by atoms with Gasteiger partial charge < -0.3 is 14.6 Å². The summed E-state index contributed by atoms with van der Waals surface area (Å²) >= 11 is 6.23. The molecule has 4 aromatic carbocycles. The molecule has 0 saturated carbocycles. The number of benzene rings is 4. The standard InChI is InChI=1S/C31H26ClN3O3/c32-26-15-16-28-27(19-26)33-30(24-11-13-25(14-12-24)31(37)38)35(28)18-17-29(36)34(20-22-7-3-1-4-8-22)21-23-9-5-2-6-10-23/h1-16,19H,17-18,20-21H2,(H,37,38). The Morgan fingerprint density at radius 3 is 2.00 bits per heavy atom.